The fourth-order valence-electron chi connectivity index (χ4n) is 4.49. The third-order valence-electron chi connectivity index (χ3n) is 6.30. The second-order valence-electron chi connectivity index (χ2n) is 8.74. The number of nitrogens with one attached hydrogen (secondary N) is 3. The van der Waals surface area contributed by atoms with Crippen LogP contribution in [0.4, 0.5) is 4.39 Å². The Balaban J connectivity index is 1.43. The molecule has 0 radical (unpaired) electrons. The smallest absolute Gasteiger partial charge is 0.135 e. The van der Waals surface area contributed by atoms with Crippen LogP contribution >= 0.6 is 0 Å². The predicted molar refractivity (Wildman–Crippen MR) is 142 cm³/mol. The van der Waals surface area contributed by atoms with Gasteiger partial charge in [0.25, 0.3) is 0 Å². The van der Waals surface area contributed by atoms with Crippen molar-refractivity contribution in [3.8, 4) is 39.5 Å². The van der Waals surface area contributed by atoms with Crippen molar-refractivity contribution in [1.82, 2.24) is 35.5 Å². The van der Waals surface area contributed by atoms with Crippen molar-refractivity contribution < 1.29 is 9.13 Å². The average Bonchev–Trinajstić information content (AvgIpc) is 3.55. The molecule has 0 bridgehead atoms. The third-order valence-corrected chi connectivity index (χ3v) is 6.30. The average molecular weight is 494 g/mol. The lowest BCUT2D eigenvalue weighted by atomic mass is 10.0. The molecule has 0 aliphatic rings. The van der Waals surface area contributed by atoms with Gasteiger partial charge in [-0.05, 0) is 54.1 Å². The Morgan fingerprint density at radius 3 is 2.70 bits per heavy atom. The summed E-state index contributed by atoms with van der Waals surface area (Å²) in [5, 5.41) is 11.8. The minimum atomic E-state index is -0.374. The molecule has 0 saturated carbocycles. The highest BCUT2D eigenvalue weighted by atomic mass is 19.1. The number of rotatable bonds is 7. The lowest BCUT2D eigenvalue weighted by Gasteiger charge is -2.06. The number of aromatic nitrogens is 6. The highest BCUT2D eigenvalue weighted by Crippen LogP contribution is 2.35. The normalized spacial score (nSPS) is 11.4. The van der Waals surface area contributed by atoms with E-state index in [0.717, 1.165) is 63.1 Å². The first kappa shape index (κ1) is 22.8. The van der Waals surface area contributed by atoms with Crippen LogP contribution < -0.4 is 10.1 Å². The third kappa shape index (κ3) is 4.30. The van der Waals surface area contributed by atoms with E-state index in [4.69, 9.17) is 9.72 Å². The van der Waals surface area contributed by atoms with Crippen LogP contribution in [0.25, 0.3) is 55.7 Å². The largest absolute Gasteiger partial charge is 0.497 e. The Kier molecular flexibility index (Phi) is 5.82. The minimum absolute atomic E-state index is 0.374. The van der Waals surface area contributed by atoms with E-state index < -0.39 is 0 Å². The lowest BCUT2D eigenvalue weighted by Crippen LogP contribution is -2.11. The molecule has 0 atom stereocenters. The van der Waals surface area contributed by atoms with Gasteiger partial charge in [-0.3, -0.25) is 15.1 Å². The van der Waals surface area contributed by atoms with Crippen LogP contribution in [-0.2, 0) is 6.54 Å². The molecule has 0 saturated heterocycles. The Labute approximate surface area is 212 Å². The van der Waals surface area contributed by atoms with Gasteiger partial charge in [0, 0.05) is 47.7 Å². The van der Waals surface area contributed by atoms with Crippen molar-refractivity contribution in [3.05, 3.63) is 78.6 Å². The zero-order valence-corrected chi connectivity index (χ0v) is 20.3. The number of fused-ring (bicyclic) bond motifs is 2. The van der Waals surface area contributed by atoms with Gasteiger partial charge in [0.1, 0.15) is 22.8 Å². The molecule has 37 heavy (non-hydrogen) atoms. The molecule has 0 amide bonds. The molecule has 3 N–H and O–H groups in total. The van der Waals surface area contributed by atoms with Crippen molar-refractivity contribution in [2.24, 2.45) is 0 Å². The first-order chi connectivity index (χ1) is 18.1. The standard InChI is InChI=1S/C28H24FN7O/c1-3-30-11-16-6-18(13-31-12-16)23-4-5-24-27(34-23)28(36-35-24)25-10-21-22(14-32-15-26(21)33-25)17-7-19(29)9-20(8-17)37-2/h4-10,12-15,30,33H,3,11H2,1-2H3,(H,35,36). The second kappa shape index (κ2) is 9.44. The van der Waals surface area contributed by atoms with Crippen LogP contribution in [0.15, 0.2) is 67.3 Å². The Bertz CT molecular complexity index is 1740. The van der Waals surface area contributed by atoms with Gasteiger partial charge in [-0.2, -0.15) is 5.10 Å². The first-order valence-electron chi connectivity index (χ1n) is 11.9. The number of benzene rings is 1. The van der Waals surface area contributed by atoms with E-state index >= 15 is 0 Å². The summed E-state index contributed by atoms with van der Waals surface area (Å²) in [6.45, 7) is 3.71. The van der Waals surface area contributed by atoms with Crippen molar-refractivity contribution in [3.63, 3.8) is 0 Å². The van der Waals surface area contributed by atoms with E-state index in [9.17, 15) is 4.39 Å². The lowest BCUT2D eigenvalue weighted by molar-refractivity contribution is 0.411. The molecule has 0 fully saturated rings. The van der Waals surface area contributed by atoms with Crippen LogP contribution in [0.5, 0.6) is 5.75 Å². The molecule has 9 heteroatoms. The quantitative estimate of drug-likeness (QED) is 0.272. The van der Waals surface area contributed by atoms with Crippen LogP contribution in [0.2, 0.25) is 0 Å². The Morgan fingerprint density at radius 1 is 0.946 bits per heavy atom. The fourth-order valence-corrected chi connectivity index (χ4v) is 4.49. The number of ether oxygens (including phenoxy) is 1. The van der Waals surface area contributed by atoms with Crippen LogP contribution in [0.1, 0.15) is 12.5 Å². The molecule has 0 aliphatic carbocycles. The number of methoxy groups -OCH3 is 1. The zero-order valence-electron chi connectivity index (χ0n) is 20.3. The number of aromatic amines is 2. The number of pyridine rings is 3. The Hall–Kier alpha value is -4.63. The highest BCUT2D eigenvalue weighted by Gasteiger charge is 2.16. The summed E-state index contributed by atoms with van der Waals surface area (Å²) in [5.41, 5.74) is 8.15. The number of hydrogen-bond donors (Lipinski definition) is 3. The van der Waals surface area contributed by atoms with Gasteiger partial charge in [0.15, 0.2) is 0 Å². The molecule has 0 aliphatic heterocycles. The summed E-state index contributed by atoms with van der Waals surface area (Å²) >= 11 is 0. The van der Waals surface area contributed by atoms with Gasteiger partial charge in [0.2, 0.25) is 0 Å². The molecule has 6 rings (SSSR count). The predicted octanol–water partition coefficient (Wildman–Crippen LogP) is 5.49. The van der Waals surface area contributed by atoms with E-state index in [-0.39, 0.29) is 5.82 Å². The summed E-state index contributed by atoms with van der Waals surface area (Å²) in [6.07, 6.45) is 7.14. The minimum Gasteiger partial charge on any atom is -0.497 e. The number of hydrogen-bond acceptors (Lipinski definition) is 6. The second-order valence-corrected chi connectivity index (χ2v) is 8.74. The summed E-state index contributed by atoms with van der Waals surface area (Å²) in [6, 6.07) is 12.6. The maximum absolute atomic E-state index is 14.2. The molecule has 184 valence electrons. The van der Waals surface area contributed by atoms with Crippen molar-refractivity contribution >= 4 is 21.9 Å². The van der Waals surface area contributed by atoms with Gasteiger partial charge in [-0.1, -0.05) is 6.92 Å². The van der Waals surface area contributed by atoms with E-state index in [1.165, 1.54) is 19.2 Å². The molecular weight excluding hydrogens is 469 g/mol. The van der Waals surface area contributed by atoms with Crippen LogP contribution in [0.3, 0.4) is 0 Å². The van der Waals surface area contributed by atoms with Gasteiger partial charge in [-0.25, -0.2) is 9.37 Å². The summed E-state index contributed by atoms with van der Waals surface area (Å²) < 4.78 is 19.5. The Morgan fingerprint density at radius 2 is 1.84 bits per heavy atom. The van der Waals surface area contributed by atoms with Crippen LogP contribution in [-0.4, -0.2) is 43.8 Å². The molecule has 6 aromatic rings. The maximum Gasteiger partial charge on any atom is 0.135 e. The topological polar surface area (TPSA) is 104 Å². The van der Waals surface area contributed by atoms with E-state index in [1.54, 1.807) is 18.5 Å². The molecule has 5 heterocycles. The summed E-state index contributed by atoms with van der Waals surface area (Å²) in [5.74, 6) is 0.0722. The van der Waals surface area contributed by atoms with Crippen LogP contribution in [0, 0.1) is 5.82 Å². The highest BCUT2D eigenvalue weighted by molar-refractivity contribution is 6.00. The molecule has 1 aromatic carbocycles. The number of nitrogens with zero attached hydrogens (tertiary/aromatic N) is 4. The number of H-pyrrole nitrogens is 2. The van der Waals surface area contributed by atoms with Crippen molar-refractivity contribution in [1.29, 1.82) is 0 Å². The number of halogens is 1. The van der Waals surface area contributed by atoms with Gasteiger partial charge in [0.05, 0.1) is 35.7 Å². The SMILES string of the molecule is CCNCc1cncc(-c2ccc3[nH]nc(-c4cc5c(-c6cc(F)cc(OC)c6)cncc5[nH]4)c3n2)c1. The van der Waals surface area contributed by atoms with E-state index in [2.05, 4.69) is 43.5 Å². The molecular formula is C28H24FN7O. The molecule has 0 unspecified atom stereocenters. The fraction of sp³-hybridized carbons (Fsp3) is 0.143. The summed E-state index contributed by atoms with van der Waals surface area (Å²) in [7, 11) is 1.52. The van der Waals surface area contributed by atoms with Gasteiger partial charge < -0.3 is 15.0 Å². The van der Waals surface area contributed by atoms with Gasteiger partial charge in [-0.15, -0.1) is 0 Å². The van der Waals surface area contributed by atoms with Crippen molar-refractivity contribution in [2.75, 3.05) is 13.7 Å². The van der Waals surface area contributed by atoms with Crippen molar-refractivity contribution in [2.45, 2.75) is 13.5 Å². The first-order valence-corrected chi connectivity index (χ1v) is 11.9. The summed E-state index contributed by atoms with van der Waals surface area (Å²) in [4.78, 5) is 17.1. The monoisotopic (exact) mass is 493 g/mol. The molecule has 0 spiro atoms. The van der Waals surface area contributed by atoms with E-state index in [0.29, 0.717) is 17.0 Å². The van der Waals surface area contributed by atoms with Gasteiger partial charge >= 0.3 is 0 Å². The zero-order chi connectivity index (χ0) is 25.4. The molecule has 5 aromatic heterocycles. The maximum atomic E-state index is 14.2. The molecule has 8 nitrogen and oxygen atoms in total. The van der Waals surface area contributed by atoms with E-state index in [1.807, 2.05) is 30.6 Å².